The maximum absolute atomic E-state index is 12.7. The van der Waals surface area contributed by atoms with E-state index in [0.717, 1.165) is 32.1 Å². The van der Waals surface area contributed by atoms with Crippen molar-refractivity contribution in [1.29, 1.82) is 0 Å². The van der Waals surface area contributed by atoms with Crippen LogP contribution in [0.5, 0.6) is 5.75 Å². The topological polar surface area (TPSA) is 64.3 Å². The maximum atomic E-state index is 12.7. The van der Waals surface area contributed by atoms with E-state index in [1.54, 1.807) is 0 Å². The number of carbonyl (C=O) groups excluding carboxylic acids is 1. The van der Waals surface area contributed by atoms with Crippen LogP contribution in [0.3, 0.4) is 0 Å². The van der Waals surface area contributed by atoms with Gasteiger partial charge >= 0.3 is 0 Å². The molecule has 1 amide bonds. The van der Waals surface area contributed by atoms with E-state index in [9.17, 15) is 9.18 Å². The first-order valence-corrected chi connectivity index (χ1v) is 10.1. The quantitative estimate of drug-likeness (QED) is 0.766. The summed E-state index contributed by atoms with van der Waals surface area (Å²) in [6.07, 6.45) is 9.44. The number of hydrogen-bond acceptors (Lipinski definition) is 3. The van der Waals surface area contributed by atoms with E-state index >= 15 is 0 Å². The molecule has 4 nitrogen and oxygen atoms in total. The molecule has 4 aliphatic carbocycles. The van der Waals surface area contributed by atoms with Crippen molar-refractivity contribution in [1.82, 2.24) is 5.32 Å². The first kappa shape index (κ1) is 18.5. The highest BCUT2D eigenvalue weighted by Crippen LogP contribution is 2.73. The predicted molar refractivity (Wildman–Crippen MR) is 103 cm³/mol. The molecule has 3 N–H and O–H groups in total. The zero-order chi connectivity index (χ0) is 18.9. The van der Waals surface area contributed by atoms with Gasteiger partial charge in [-0.25, -0.2) is 4.39 Å². The van der Waals surface area contributed by atoms with Gasteiger partial charge in [0.15, 0.2) is 0 Å². The highest BCUT2D eigenvalue weighted by atomic mass is 19.1. The highest BCUT2D eigenvalue weighted by molar-refractivity contribution is 5.87. The van der Waals surface area contributed by atoms with Gasteiger partial charge in [0.25, 0.3) is 0 Å². The molecule has 146 valence electrons. The Balaban J connectivity index is 1.30. The van der Waals surface area contributed by atoms with Crippen LogP contribution >= 0.6 is 0 Å². The van der Waals surface area contributed by atoms with E-state index in [1.807, 2.05) is 12.1 Å². The monoisotopic (exact) mass is 372 g/mol. The van der Waals surface area contributed by atoms with Crippen molar-refractivity contribution in [3.63, 3.8) is 0 Å². The summed E-state index contributed by atoms with van der Waals surface area (Å²) in [6, 6.07) is 8.41. The van der Waals surface area contributed by atoms with Crippen molar-refractivity contribution >= 4 is 5.91 Å². The average molecular weight is 372 g/mol. The normalized spacial score (nSPS) is 30.2. The van der Waals surface area contributed by atoms with E-state index in [4.69, 9.17) is 10.5 Å². The van der Waals surface area contributed by atoms with Crippen LogP contribution in [0, 0.1) is 5.41 Å². The molecule has 5 heteroatoms. The second-order valence-corrected chi connectivity index (χ2v) is 8.68. The number of rotatable bonds is 7. The van der Waals surface area contributed by atoms with Gasteiger partial charge in [0.05, 0.1) is 11.7 Å². The van der Waals surface area contributed by atoms with Gasteiger partial charge in [-0.05, 0) is 55.2 Å². The molecule has 0 aromatic heterocycles. The molecule has 2 bridgehead atoms. The van der Waals surface area contributed by atoms with Crippen LogP contribution < -0.4 is 15.8 Å². The third kappa shape index (κ3) is 3.38. The Bertz CT molecular complexity index is 703. The molecule has 0 aliphatic heterocycles. The van der Waals surface area contributed by atoms with Gasteiger partial charge in [0, 0.05) is 18.2 Å². The average Bonchev–Trinajstić information content (AvgIpc) is 2.62. The number of hydrogen-bond donors (Lipinski definition) is 2. The molecular formula is C22H29FN2O2. The molecule has 0 radical (unpaired) electrons. The van der Waals surface area contributed by atoms with Crippen LogP contribution in [-0.2, 0) is 10.2 Å². The van der Waals surface area contributed by atoms with Gasteiger partial charge < -0.3 is 15.8 Å². The van der Waals surface area contributed by atoms with E-state index in [1.165, 1.54) is 24.8 Å². The van der Waals surface area contributed by atoms with Gasteiger partial charge in [-0.2, -0.15) is 0 Å². The van der Waals surface area contributed by atoms with Gasteiger partial charge in [-0.15, -0.1) is 0 Å². The molecule has 27 heavy (non-hydrogen) atoms. The van der Waals surface area contributed by atoms with Crippen molar-refractivity contribution in [3.05, 3.63) is 41.7 Å². The zero-order valence-corrected chi connectivity index (χ0v) is 15.8. The zero-order valence-electron chi connectivity index (χ0n) is 15.8. The number of ether oxygens (including phenoxy) is 1. The molecule has 0 atom stereocenters. The van der Waals surface area contributed by atoms with E-state index in [2.05, 4.69) is 17.4 Å². The summed E-state index contributed by atoms with van der Waals surface area (Å²) in [7, 11) is 0. The Morgan fingerprint density at radius 2 is 1.85 bits per heavy atom. The second kappa shape index (κ2) is 7.27. The molecule has 0 spiro atoms. The summed E-state index contributed by atoms with van der Waals surface area (Å²) in [5, 5.41) is 3.31. The van der Waals surface area contributed by atoms with Gasteiger partial charge in [0.2, 0.25) is 5.91 Å². The van der Waals surface area contributed by atoms with Crippen molar-refractivity contribution < 1.29 is 13.9 Å². The standard InChI is InChI=1S/C22H29FN2O2/c23-10-16(11-24)12-27-19-8-6-17(7-9-19)21-13-22(14-21,15-21)20(26)25-18-4-2-1-3-5-18/h6-10,18H,1-5,11-15,24H2,(H,25,26)/b16-10+. The molecule has 4 fully saturated rings. The minimum absolute atomic E-state index is 0.117. The summed E-state index contributed by atoms with van der Waals surface area (Å²) in [6.45, 7) is 0.324. The summed E-state index contributed by atoms with van der Waals surface area (Å²) in [5.74, 6) is 0.992. The van der Waals surface area contributed by atoms with Crippen LogP contribution in [-0.4, -0.2) is 25.1 Å². The molecule has 0 heterocycles. The van der Waals surface area contributed by atoms with E-state index < -0.39 is 0 Å². The fourth-order valence-corrected chi connectivity index (χ4v) is 5.14. The largest absolute Gasteiger partial charge is 0.489 e. The minimum atomic E-state index is -0.117. The summed E-state index contributed by atoms with van der Waals surface area (Å²) < 4.78 is 18.1. The SMILES string of the molecule is NC/C(=C\F)COc1ccc(C23CC(C(=O)NC4CCCCC4)(C2)C3)cc1. The van der Waals surface area contributed by atoms with Crippen molar-refractivity contribution in [2.24, 2.45) is 11.1 Å². The lowest BCUT2D eigenvalue weighted by Crippen LogP contribution is -2.70. The first-order chi connectivity index (χ1) is 13.1. The predicted octanol–water partition coefficient (Wildman–Crippen LogP) is 3.75. The molecule has 0 unspecified atom stereocenters. The fourth-order valence-electron chi connectivity index (χ4n) is 5.14. The molecule has 4 aliphatic rings. The lowest BCUT2D eigenvalue weighted by molar-refractivity contribution is -0.177. The Kier molecular flexibility index (Phi) is 4.97. The Morgan fingerprint density at radius 3 is 2.44 bits per heavy atom. The van der Waals surface area contributed by atoms with Crippen LogP contribution in [0.2, 0.25) is 0 Å². The van der Waals surface area contributed by atoms with Crippen molar-refractivity contribution in [3.8, 4) is 5.75 Å². The Labute approximate surface area is 160 Å². The summed E-state index contributed by atoms with van der Waals surface area (Å²) in [4.78, 5) is 12.7. The van der Waals surface area contributed by atoms with Crippen LogP contribution in [0.1, 0.15) is 56.9 Å². The van der Waals surface area contributed by atoms with Crippen LogP contribution in [0.15, 0.2) is 36.2 Å². The summed E-state index contributed by atoms with van der Waals surface area (Å²) in [5.41, 5.74) is 7.20. The molecule has 4 saturated carbocycles. The Hall–Kier alpha value is -1.88. The van der Waals surface area contributed by atoms with E-state index in [0.29, 0.717) is 23.7 Å². The van der Waals surface area contributed by atoms with E-state index in [-0.39, 0.29) is 29.9 Å². The van der Waals surface area contributed by atoms with Crippen molar-refractivity contribution in [2.75, 3.05) is 13.2 Å². The first-order valence-electron chi connectivity index (χ1n) is 10.1. The molecule has 5 rings (SSSR count). The number of nitrogens with one attached hydrogen (secondary N) is 1. The van der Waals surface area contributed by atoms with Crippen molar-refractivity contribution in [2.45, 2.75) is 62.8 Å². The highest BCUT2D eigenvalue weighted by Gasteiger charge is 2.71. The van der Waals surface area contributed by atoms with Gasteiger partial charge in [-0.3, -0.25) is 4.79 Å². The second-order valence-electron chi connectivity index (χ2n) is 8.68. The Morgan fingerprint density at radius 1 is 1.19 bits per heavy atom. The molecular weight excluding hydrogens is 343 g/mol. The smallest absolute Gasteiger partial charge is 0.226 e. The summed E-state index contributed by atoms with van der Waals surface area (Å²) >= 11 is 0. The fraction of sp³-hybridized carbons (Fsp3) is 0.591. The number of nitrogens with two attached hydrogens (primary N) is 1. The number of benzene rings is 1. The number of amides is 1. The maximum Gasteiger partial charge on any atom is 0.226 e. The lowest BCUT2D eigenvalue weighted by Gasteiger charge is -2.69. The van der Waals surface area contributed by atoms with Gasteiger partial charge in [-0.1, -0.05) is 31.4 Å². The van der Waals surface area contributed by atoms with Crippen LogP contribution in [0.4, 0.5) is 4.39 Å². The molecule has 1 aromatic carbocycles. The third-order valence-electron chi connectivity index (χ3n) is 6.76. The lowest BCUT2D eigenvalue weighted by atomic mass is 9.33. The third-order valence-corrected chi connectivity index (χ3v) is 6.76. The molecule has 0 saturated heterocycles. The minimum Gasteiger partial charge on any atom is -0.489 e. The molecule has 1 aromatic rings. The van der Waals surface area contributed by atoms with Gasteiger partial charge in [0.1, 0.15) is 12.4 Å². The van der Waals surface area contributed by atoms with Crippen LogP contribution in [0.25, 0.3) is 0 Å². The number of carbonyl (C=O) groups is 1. The number of halogens is 1.